The number of Topliss-reactive ketones (excluding diaryl/α,β-unsaturated/α-hetero) is 1. The summed E-state index contributed by atoms with van der Waals surface area (Å²) >= 11 is 0. The molecule has 1 rings (SSSR count). The van der Waals surface area contributed by atoms with E-state index in [0.29, 0.717) is 18.6 Å². The molecule has 0 aromatic rings. The number of carbonyl (C=O) groups excluding carboxylic acids is 2. The van der Waals surface area contributed by atoms with Crippen LogP contribution in [0.1, 0.15) is 26.2 Å². The molecule has 3 heteroatoms. The molecule has 0 saturated heterocycles. The van der Waals surface area contributed by atoms with Crippen molar-refractivity contribution in [3.63, 3.8) is 0 Å². The van der Waals surface area contributed by atoms with Crippen LogP contribution in [0.15, 0.2) is 12.2 Å². The van der Waals surface area contributed by atoms with Crippen molar-refractivity contribution < 1.29 is 14.3 Å². The first-order valence-corrected chi connectivity index (χ1v) is 4.55. The Morgan fingerprint density at radius 1 is 1.69 bits per heavy atom. The Morgan fingerprint density at radius 3 is 3.00 bits per heavy atom. The van der Waals surface area contributed by atoms with E-state index in [-0.39, 0.29) is 5.78 Å². The van der Waals surface area contributed by atoms with Gasteiger partial charge >= 0.3 is 5.97 Å². The molecule has 72 valence electrons. The standard InChI is InChI=1S/C10H14O3/c1-3-13-10(12)8-6-4-5-7(2)9(8)11/h8H,2-6H2,1H3. The monoisotopic (exact) mass is 182 g/mol. The molecule has 0 aromatic heterocycles. The van der Waals surface area contributed by atoms with Gasteiger partial charge in [-0.1, -0.05) is 6.58 Å². The first-order valence-electron chi connectivity index (χ1n) is 4.55. The molecule has 1 aliphatic rings. The highest BCUT2D eigenvalue weighted by Crippen LogP contribution is 2.24. The van der Waals surface area contributed by atoms with Crippen LogP contribution in [0.4, 0.5) is 0 Å². The lowest BCUT2D eigenvalue weighted by molar-refractivity contribution is -0.151. The molecule has 0 aliphatic heterocycles. The number of allylic oxidation sites excluding steroid dienone is 1. The minimum Gasteiger partial charge on any atom is -0.465 e. The van der Waals surface area contributed by atoms with Gasteiger partial charge in [-0.15, -0.1) is 0 Å². The fourth-order valence-electron chi connectivity index (χ4n) is 1.49. The van der Waals surface area contributed by atoms with E-state index in [9.17, 15) is 9.59 Å². The molecule has 1 aliphatic carbocycles. The summed E-state index contributed by atoms with van der Waals surface area (Å²) in [5, 5.41) is 0. The Bertz CT molecular complexity index is 243. The highest BCUT2D eigenvalue weighted by molar-refractivity contribution is 6.08. The van der Waals surface area contributed by atoms with E-state index >= 15 is 0 Å². The first-order chi connectivity index (χ1) is 6.16. The lowest BCUT2D eigenvalue weighted by Crippen LogP contribution is -2.30. The summed E-state index contributed by atoms with van der Waals surface area (Å²) in [6.45, 7) is 5.70. The minimum atomic E-state index is -0.582. The van der Waals surface area contributed by atoms with Gasteiger partial charge in [0.15, 0.2) is 5.78 Å². The molecule has 0 radical (unpaired) electrons. The maximum atomic E-state index is 11.4. The Labute approximate surface area is 77.8 Å². The number of hydrogen-bond acceptors (Lipinski definition) is 3. The van der Waals surface area contributed by atoms with Crippen LogP contribution >= 0.6 is 0 Å². The average Bonchev–Trinajstić information content (AvgIpc) is 2.10. The molecule has 0 heterocycles. The van der Waals surface area contributed by atoms with Crippen LogP contribution in [0.25, 0.3) is 0 Å². The van der Waals surface area contributed by atoms with Crippen LogP contribution < -0.4 is 0 Å². The number of ketones is 1. The molecule has 0 bridgehead atoms. The Kier molecular flexibility index (Phi) is 3.23. The molecular formula is C10H14O3. The van der Waals surface area contributed by atoms with Crippen molar-refractivity contribution in [2.24, 2.45) is 5.92 Å². The molecular weight excluding hydrogens is 168 g/mol. The average molecular weight is 182 g/mol. The van der Waals surface area contributed by atoms with Crippen molar-refractivity contribution in [3.05, 3.63) is 12.2 Å². The van der Waals surface area contributed by atoms with Crippen molar-refractivity contribution in [2.45, 2.75) is 26.2 Å². The van der Waals surface area contributed by atoms with Crippen LogP contribution in [-0.2, 0) is 14.3 Å². The summed E-state index contributed by atoms with van der Waals surface area (Å²) < 4.78 is 4.80. The van der Waals surface area contributed by atoms with Crippen molar-refractivity contribution in [2.75, 3.05) is 6.61 Å². The SMILES string of the molecule is C=C1CCCC(C(=O)OCC)C1=O. The van der Waals surface area contributed by atoms with E-state index in [2.05, 4.69) is 6.58 Å². The second-order valence-corrected chi connectivity index (χ2v) is 3.16. The van der Waals surface area contributed by atoms with Crippen LogP contribution in [0.2, 0.25) is 0 Å². The van der Waals surface area contributed by atoms with Crippen molar-refractivity contribution in [1.82, 2.24) is 0 Å². The molecule has 3 nitrogen and oxygen atoms in total. The second-order valence-electron chi connectivity index (χ2n) is 3.16. The third-order valence-electron chi connectivity index (χ3n) is 2.21. The smallest absolute Gasteiger partial charge is 0.316 e. The van der Waals surface area contributed by atoms with Gasteiger partial charge in [-0.25, -0.2) is 0 Å². The number of rotatable bonds is 2. The van der Waals surface area contributed by atoms with Gasteiger partial charge in [0, 0.05) is 0 Å². The largest absolute Gasteiger partial charge is 0.465 e. The number of esters is 1. The van der Waals surface area contributed by atoms with Gasteiger partial charge in [0.1, 0.15) is 5.92 Å². The van der Waals surface area contributed by atoms with Crippen molar-refractivity contribution >= 4 is 11.8 Å². The zero-order valence-electron chi connectivity index (χ0n) is 7.84. The van der Waals surface area contributed by atoms with E-state index in [4.69, 9.17) is 4.74 Å². The number of hydrogen-bond donors (Lipinski definition) is 0. The van der Waals surface area contributed by atoms with E-state index in [1.54, 1.807) is 6.92 Å². The molecule has 0 spiro atoms. The third-order valence-corrected chi connectivity index (χ3v) is 2.21. The van der Waals surface area contributed by atoms with Crippen LogP contribution in [0.3, 0.4) is 0 Å². The Morgan fingerprint density at radius 2 is 2.38 bits per heavy atom. The summed E-state index contributed by atoms with van der Waals surface area (Å²) in [6, 6.07) is 0. The summed E-state index contributed by atoms with van der Waals surface area (Å²) in [4.78, 5) is 22.7. The molecule has 0 amide bonds. The molecule has 1 fully saturated rings. The highest BCUT2D eigenvalue weighted by Gasteiger charge is 2.32. The summed E-state index contributed by atoms with van der Waals surface area (Å²) in [5.74, 6) is -1.11. The molecule has 0 aromatic carbocycles. The third kappa shape index (κ3) is 2.17. The summed E-state index contributed by atoms with van der Waals surface area (Å²) in [6.07, 6.45) is 2.18. The van der Waals surface area contributed by atoms with Crippen LogP contribution in [0.5, 0.6) is 0 Å². The second kappa shape index (κ2) is 4.21. The van der Waals surface area contributed by atoms with Crippen LogP contribution in [-0.4, -0.2) is 18.4 Å². The van der Waals surface area contributed by atoms with Crippen molar-refractivity contribution in [3.8, 4) is 0 Å². The fraction of sp³-hybridized carbons (Fsp3) is 0.600. The van der Waals surface area contributed by atoms with Gasteiger partial charge in [0.05, 0.1) is 6.61 Å². The molecule has 13 heavy (non-hydrogen) atoms. The Hall–Kier alpha value is -1.12. The van der Waals surface area contributed by atoms with E-state index in [1.165, 1.54) is 0 Å². The predicted octanol–water partition coefficient (Wildman–Crippen LogP) is 1.47. The van der Waals surface area contributed by atoms with E-state index in [0.717, 1.165) is 12.8 Å². The zero-order valence-corrected chi connectivity index (χ0v) is 7.84. The lowest BCUT2D eigenvalue weighted by atomic mass is 9.85. The molecule has 1 saturated carbocycles. The van der Waals surface area contributed by atoms with Gasteiger partial charge in [-0.05, 0) is 31.8 Å². The molecule has 0 N–H and O–H groups in total. The topological polar surface area (TPSA) is 43.4 Å². The van der Waals surface area contributed by atoms with Gasteiger partial charge in [0.25, 0.3) is 0 Å². The number of ether oxygens (including phenoxy) is 1. The highest BCUT2D eigenvalue weighted by atomic mass is 16.5. The fourth-order valence-corrected chi connectivity index (χ4v) is 1.49. The van der Waals surface area contributed by atoms with Crippen LogP contribution in [0, 0.1) is 5.92 Å². The quantitative estimate of drug-likeness (QED) is 0.369. The van der Waals surface area contributed by atoms with Gasteiger partial charge in [-0.2, -0.15) is 0 Å². The van der Waals surface area contributed by atoms with E-state index < -0.39 is 11.9 Å². The first kappa shape index (κ1) is 9.96. The summed E-state index contributed by atoms with van der Waals surface area (Å²) in [5.41, 5.74) is 0.560. The number of carbonyl (C=O) groups is 2. The maximum Gasteiger partial charge on any atom is 0.316 e. The minimum absolute atomic E-state index is 0.135. The summed E-state index contributed by atoms with van der Waals surface area (Å²) in [7, 11) is 0. The maximum absolute atomic E-state index is 11.4. The molecule has 1 unspecified atom stereocenters. The van der Waals surface area contributed by atoms with Crippen molar-refractivity contribution in [1.29, 1.82) is 0 Å². The van der Waals surface area contributed by atoms with E-state index in [1.807, 2.05) is 0 Å². The van der Waals surface area contributed by atoms with Gasteiger partial charge in [-0.3, -0.25) is 9.59 Å². The lowest BCUT2D eigenvalue weighted by Gasteiger charge is -2.20. The zero-order chi connectivity index (χ0) is 9.84. The van der Waals surface area contributed by atoms with Gasteiger partial charge < -0.3 is 4.74 Å². The Balaban J connectivity index is 2.63. The molecule has 1 atom stereocenters. The van der Waals surface area contributed by atoms with Gasteiger partial charge in [0.2, 0.25) is 0 Å². The normalized spacial score (nSPS) is 23.0. The predicted molar refractivity (Wildman–Crippen MR) is 48.1 cm³/mol.